The van der Waals surface area contributed by atoms with Gasteiger partial charge >= 0.3 is 6.09 Å². The van der Waals surface area contributed by atoms with Crippen LogP contribution in [-0.2, 0) is 17.8 Å². The van der Waals surface area contributed by atoms with Crippen LogP contribution in [-0.4, -0.2) is 11.0 Å². The lowest BCUT2D eigenvalue weighted by molar-refractivity contribution is -0.384. The van der Waals surface area contributed by atoms with Gasteiger partial charge in [-0.3, -0.25) is 10.1 Å². The van der Waals surface area contributed by atoms with Crippen LogP contribution in [0.4, 0.5) is 16.2 Å². The van der Waals surface area contributed by atoms with Gasteiger partial charge in [0.15, 0.2) is 0 Å². The quantitative estimate of drug-likeness (QED) is 0.168. The van der Waals surface area contributed by atoms with Gasteiger partial charge in [-0.05, 0) is 40.8 Å². The first-order chi connectivity index (χ1) is 19.1. The second kappa shape index (κ2) is 12.0. The monoisotopic (exact) mass is 517 g/mol. The molecular formula is C32H27N3O4. The number of non-ortho nitro benzene ring substituents is 1. The van der Waals surface area contributed by atoms with E-state index >= 15 is 0 Å². The number of carbonyl (C=O) groups excluding carboxylic acids is 1. The number of nitro groups is 1. The molecule has 7 heteroatoms. The summed E-state index contributed by atoms with van der Waals surface area (Å²) in [6.07, 6.45) is 0.557. The molecule has 0 radical (unpaired) electrons. The number of rotatable bonds is 6. The molecule has 4 aromatic rings. The molecule has 0 saturated carbocycles. The average molecular weight is 518 g/mol. The Hall–Kier alpha value is -5.09. The second-order valence-electron chi connectivity index (χ2n) is 9.27. The Labute approximate surface area is 227 Å². The Kier molecular flexibility index (Phi) is 7.84. The van der Waals surface area contributed by atoms with Crippen LogP contribution < -0.4 is 10.6 Å². The van der Waals surface area contributed by atoms with Gasteiger partial charge in [-0.2, -0.15) is 0 Å². The molecule has 2 atom stereocenters. The van der Waals surface area contributed by atoms with Crippen LogP contribution >= 0.6 is 0 Å². The number of para-hydroxylation sites is 1. The summed E-state index contributed by atoms with van der Waals surface area (Å²) in [5.41, 5.74) is 5.63. The minimum absolute atomic E-state index is 0.0333. The lowest BCUT2D eigenvalue weighted by Crippen LogP contribution is -2.35. The predicted octanol–water partition coefficient (Wildman–Crippen LogP) is 6.71. The molecule has 2 N–H and O–H groups in total. The number of carbonyl (C=O) groups is 1. The Bertz CT molecular complexity index is 1510. The van der Waals surface area contributed by atoms with Crippen molar-refractivity contribution < 1.29 is 14.5 Å². The third-order valence-corrected chi connectivity index (χ3v) is 6.64. The highest BCUT2D eigenvalue weighted by molar-refractivity contribution is 5.70. The number of hydrogen-bond donors (Lipinski definition) is 2. The zero-order chi connectivity index (χ0) is 27.0. The molecule has 0 bridgehead atoms. The fraction of sp³-hybridized carbons (Fsp3) is 0.156. The summed E-state index contributed by atoms with van der Waals surface area (Å²) >= 11 is 0. The van der Waals surface area contributed by atoms with Crippen molar-refractivity contribution in [1.29, 1.82) is 0 Å². The van der Waals surface area contributed by atoms with E-state index in [0.717, 1.165) is 33.5 Å². The lowest BCUT2D eigenvalue weighted by Gasteiger charge is -2.35. The number of anilines is 1. The largest absolute Gasteiger partial charge is 0.445 e. The first kappa shape index (κ1) is 25.6. The number of nitro benzene ring substituents is 1. The molecule has 5 rings (SSSR count). The molecule has 1 aliphatic rings. The number of amides is 1. The Morgan fingerprint density at radius 3 is 2.38 bits per heavy atom. The van der Waals surface area contributed by atoms with Crippen LogP contribution in [0.25, 0.3) is 0 Å². The Morgan fingerprint density at radius 1 is 0.949 bits per heavy atom. The fourth-order valence-electron chi connectivity index (χ4n) is 4.68. The molecule has 0 aromatic heterocycles. The van der Waals surface area contributed by atoms with Crippen molar-refractivity contribution in [3.05, 3.63) is 141 Å². The zero-order valence-electron chi connectivity index (χ0n) is 21.2. The van der Waals surface area contributed by atoms with Gasteiger partial charge in [0.25, 0.3) is 5.69 Å². The van der Waals surface area contributed by atoms with Gasteiger partial charge in [-0.1, -0.05) is 90.7 Å². The normalized spacial score (nSPS) is 15.6. The van der Waals surface area contributed by atoms with Gasteiger partial charge in [-0.15, -0.1) is 0 Å². The molecular weight excluding hydrogens is 490 g/mol. The zero-order valence-corrected chi connectivity index (χ0v) is 21.2. The van der Waals surface area contributed by atoms with Crippen molar-refractivity contribution in [2.75, 3.05) is 5.32 Å². The number of hydrogen-bond acceptors (Lipinski definition) is 5. The van der Waals surface area contributed by atoms with E-state index in [2.05, 4.69) is 22.5 Å². The molecule has 194 valence electrons. The minimum Gasteiger partial charge on any atom is -0.445 e. The number of nitrogens with one attached hydrogen (secondary N) is 2. The van der Waals surface area contributed by atoms with Crippen LogP contribution in [0.2, 0.25) is 0 Å². The molecule has 0 aliphatic carbocycles. The molecule has 39 heavy (non-hydrogen) atoms. The van der Waals surface area contributed by atoms with E-state index in [1.807, 2.05) is 78.9 Å². The summed E-state index contributed by atoms with van der Waals surface area (Å²) in [7, 11) is 0. The molecule has 4 aromatic carbocycles. The summed E-state index contributed by atoms with van der Waals surface area (Å²) in [6.45, 7) is 0.172. The van der Waals surface area contributed by atoms with Crippen molar-refractivity contribution in [2.24, 2.45) is 0 Å². The molecule has 0 unspecified atom stereocenters. The van der Waals surface area contributed by atoms with Crippen LogP contribution in [0.5, 0.6) is 0 Å². The van der Waals surface area contributed by atoms with Crippen LogP contribution in [0.3, 0.4) is 0 Å². The second-order valence-corrected chi connectivity index (χ2v) is 9.27. The van der Waals surface area contributed by atoms with Crippen molar-refractivity contribution in [3.8, 4) is 11.8 Å². The highest BCUT2D eigenvalue weighted by Crippen LogP contribution is 2.41. The van der Waals surface area contributed by atoms with Gasteiger partial charge in [0, 0.05) is 29.8 Å². The van der Waals surface area contributed by atoms with E-state index in [-0.39, 0.29) is 24.4 Å². The van der Waals surface area contributed by atoms with E-state index in [9.17, 15) is 14.9 Å². The van der Waals surface area contributed by atoms with Crippen molar-refractivity contribution in [2.45, 2.75) is 31.5 Å². The smallest absolute Gasteiger partial charge is 0.407 e. The average Bonchev–Trinajstić information content (AvgIpc) is 2.97. The van der Waals surface area contributed by atoms with Gasteiger partial charge in [0.1, 0.15) is 6.61 Å². The number of fused-ring (bicyclic) bond motifs is 1. The molecule has 0 saturated heterocycles. The minimum atomic E-state index is -0.506. The molecule has 7 nitrogen and oxygen atoms in total. The van der Waals surface area contributed by atoms with Crippen molar-refractivity contribution in [3.63, 3.8) is 0 Å². The highest BCUT2D eigenvalue weighted by Gasteiger charge is 2.30. The Balaban J connectivity index is 1.40. The first-order valence-electron chi connectivity index (χ1n) is 12.7. The highest BCUT2D eigenvalue weighted by atomic mass is 16.6. The Morgan fingerprint density at radius 2 is 1.67 bits per heavy atom. The summed E-state index contributed by atoms with van der Waals surface area (Å²) < 4.78 is 5.51. The van der Waals surface area contributed by atoms with E-state index in [0.29, 0.717) is 12.8 Å². The SMILES string of the molecule is O=C(N[C@H]1C[C@@H](c2ccc([N+](=O)[O-])cc2)Nc2c(CC#Cc3ccccc3)cccc21)OCc1ccccc1. The number of ether oxygens (including phenoxy) is 1. The van der Waals surface area contributed by atoms with Crippen molar-refractivity contribution in [1.82, 2.24) is 5.32 Å². The topological polar surface area (TPSA) is 93.5 Å². The number of alkyl carbamates (subject to hydrolysis) is 1. The maximum atomic E-state index is 12.8. The van der Waals surface area contributed by atoms with Gasteiger partial charge in [0.05, 0.1) is 17.0 Å². The fourth-order valence-corrected chi connectivity index (χ4v) is 4.68. The molecule has 0 fully saturated rings. The van der Waals surface area contributed by atoms with Gasteiger partial charge in [-0.25, -0.2) is 4.79 Å². The number of benzene rings is 4. The molecule has 1 amide bonds. The predicted molar refractivity (Wildman–Crippen MR) is 150 cm³/mol. The van der Waals surface area contributed by atoms with E-state index in [1.54, 1.807) is 12.1 Å². The summed E-state index contributed by atoms with van der Waals surface area (Å²) in [6, 6.07) is 31.3. The first-order valence-corrected chi connectivity index (χ1v) is 12.7. The summed E-state index contributed by atoms with van der Waals surface area (Å²) in [5, 5.41) is 17.8. The maximum absolute atomic E-state index is 12.8. The van der Waals surface area contributed by atoms with Crippen LogP contribution in [0.1, 0.15) is 46.3 Å². The summed E-state index contributed by atoms with van der Waals surface area (Å²) in [4.78, 5) is 23.6. The molecule has 1 heterocycles. The van der Waals surface area contributed by atoms with E-state index < -0.39 is 11.0 Å². The van der Waals surface area contributed by atoms with Crippen LogP contribution in [0, 0.1) is 22.0 Å². The van der Waals surface area contributed by atoms with Crippen LogP contribution in [0.15, 0.2) is 103 Å². The summed E-state index contributed by atoms with van der Waals surface area (Å²) in [5.74, 6) is 6.46. The van der Waals surface area contributed by atoms with E-state index in [1.165, 1.54) is 12.1 Å². The third-order valence-electron chi connectivity index (χ3n) is 6.64. The van der Waals surface area contributed by atoms with Crippen molar-refractivity contribution >= 4 is 17.5 Å². The molecule has 1 aliphatic heterocycles. The van der Waals surface area contributed by atoms with Gasteiger partial charge < -0.3 is 15.4 Å². The standard InChI is InChI=1S/C32H27N3O4/c36-32(39-22-24-11-5-2-6-12-24)34-30-21-29(25-17-19-27(20-18-25)35(37)38)33-31-26(15-8-16-28(30)31)14-7-13-23-9-3-1-4-10-23/h1-6,8-12,15-20,29-30,33H,14,21-22H2,(H,34,36)/t29-,30-/m0/s1. The van der Waals surface area contributed by atoms with E-state index in [4.69, 9.17) is 4.74 Å². The molecule has 0 spiro atoms. The lowest BCUT2D eigenvalue weighted by atomic mass is 9.87. The maximum Gasteiger partial charge on any atom is 0.407 e. The number of nitrogens with zero attached hydrogens (tertiary/aromatic N) is 1. The third kappa shape index (κ3) is 6.43. The van der Waals surface area contributed by atoms with Gasteiger partial charge in [0.2, 0.25) is 0 Å².